The lowest BCUT2D eigenvalue weighted by Gasteiger charge is -2.32. The topological polar surface area (TPSA) is 104 Å². The van der Waals surface area contributed by atoms with Gasteiger partial charge >= 0.3 is 0 Å². The van der Waals surface area contributed by atoms with Crippen molar-refractivity contribution in [3.05, 3.63) is 18.2 Å². The van der Waals surface area contributed by atoms with Crippen LogP contribution in [0.5, 0.6) is 0 Å². The lowest BCUT2D eigenvalue weighted by atomic mass is 9.93. The molecular formula is C14H25N3O3S. The average Bonchev–Trinajstić information content (AvgIpc) is 2.46. The van der Waals surface area contributed by atoms with Crippen LogP contribution in [0.25, 0.3) is 0 Å². The first-order chi connectivity index (χ1) is 9.84. The summed E-state index contributed by atoms with van der Waals surface area (Å²) in [4.78, 5) is 0.153. The molecule has 0 aliphatic rings. The number of sulfonamides is 1. The first-order valence-electron chi connectivity index (χ1n) is 7.12. The Hall–Kier alpha value is -1.31. The molecule has 0 aromatic heterocycles. The molecule has 0 heterocycles. The smallest absolute Gasteiger partial charge is 0.240 e. The van der Waals surface area contributed by atoms with Gasteiger partial charge in [0, 0.05) is 6.54 Å². The molecule has 0 spiro atoms. The van der Waals surface area contributed by atoms with Gasteiger partial charge in [0.05, 0.1) is 28.4 Å². The molecule has 0 aliphatic carbocycles. The van der Waals surface area contributed by atoms with Gasteiger partial charge < -0.3 is 16.2 Å². The fourth-order valence-corrected chi connectivity index (χ4v) is 3.13. The molecule has 1 rings (SSSR count). The van der Waals surface area contributed by atoms with E-state index in [4.69, 9.17) is 5.73 Å². The van der Waals surface area contributed by atoms with Gasteiger partial charge in [0.15, 0.2) is 0 Å². The minimum Gasteiger partial charge on any atom is -0.397 e. The van der Waals surface area contributed by atoms with Crippen molar-refractivity contribution >= 4 is 21.4 Å². The highest BCUT2D eigenvalue weighted by atomic mass is 32.2. The number of aliphatic hydroxyl groups is 1. The van der Waals surface area contributed by atoms with Gasteiger partial charge in [-0.3, -0.25) is 0 Å². The van der Waals surface area contributed by atoms with E-state index in [0.717, 1.165) is 0 Å². The number of aliphatic hydroxyl groups excluding tert-OH is 1. The number of rotatable bonds is 8. The lowest BCUT2D eigenvalue weighted by Crippen LogP contribution is -2.41. The van der Waals surface area contributed by atoms with Gasteiger partial charge in [-0.05, 0) is 31.0 Å². The van der Waals surface area contributed by atoms with Crippen LogP contribution in [0.15, 0.2) is 23.1 Å². The van der Waals surface area contributed by atoms with Crippen molar-refractivity contribution in [1.29, 1.82) is 0 Å². The summed E-state index contributed by atoms with van der Waals surface area (Å²) in [7, 11) is -3.53. The Morgan fingerprint density at radius 2 is 1.86 bits per heavy atom. The summed E-state index contributed by atoms with van der Waals surface area (Å²) in [5.74, 6) is 0. The van der Waals surface area contributed by atoms with E-state index in [1.807, 2.05) is 13.8 Å². The minimum atomic E-state index is -3.53. The summed E-state index contributed by atoms with van der Waals surface area (Å²) < 4.78 is 26.5. The van der Waals surface area contributed by atoms with Gasteiger partial charge in [0.2, 0.25) is 10.0 Å². The monoisotopic (exact) mass is 315 g/mol. The van der Waals surface area contributed by atoms with E-state index in [0.29, 0.717) is 30.8 Å². The molecule has 5 N–H and O–H groups in total. The molecule has 0 unspecified atom stereocenters. The van der Waals surface area contributed by atoms with Gasteiger partial charge in [-0.25, -0.2) is 13.1 Å². The molecule has 0 saturated heterocycles. The van der Waals surface area contributed by atoms with Crippen molar-refractivity contribution in [2.45, 2.75) is 44.0 Å². The summed E-state index contributed by atoms with van der Waals surface area (Å²) in [6.45, 7) is 5.91. The Kier molecular flexibility index (Phi) is 6.00. The molecule has 0 saturated carbocycles. The molecule has 0 amide bonds. The van der Waals surface area contributed by atoms with Crippen LogP contribution in [0.2, 0.25) is 0 Å². The van der Waals surface area contributed by atoms with Crippen LogP contribution in [0.3, 0.4) is 0 Å². The number of nitrogen functional groups attached to an aromatic ring is 1. The van der Waals surface area contributed by atoms with Crippen molar-refractivity contribution < 1.29 is 13.5 Å². The van der Waals surface area contributed by atoms with Gasteiger partial charge in [-0.15, -0.1) is 0 Å². The van der Waals surface area contributed by atoms with Crippen molar-refractivity contribution in [3.8, 4) is 0 Å². The van der Waals surface area contributed by atoms with Gasteiger partial charge in [0.1, 0.15) is 0 Å². The second-order valence-electron chi connectivity index (χ2n) is 5.02. The molecule has 1 aromatic carbocycles. The van der Waals surface area contributed by atoms with Crippen molar-refractivity contribution in [2.24, 2.45) is 0 Å². The molecule has 1 aromatic rings. The second kappa shape index (κ2) is 7.11. The molecule has 21 heavy (non-hydrogen) atoms. The van der Waals surface area contributed by atoms with E-state index in [2.05, 4.69) is 10.0 Å². The Balaban J connectivity index is 3.20. The van der Waals surface area contributed by atoms with E-state index < -0.39 is 15.6 Å². The summed E-state index contributed by atoms with van der Waals surface area (Å²) in [5.41, 5.74) is 6.38. The molecule has 0 fully saturated rings. The summed E-state index contributed by atoms with van der Waals surface area (Å²) in [6.07, 6.45) is 1.40. The Morgan fingerprint density at radius 3 is 2.33 bits per heavy atom. The molecule has 120 valence electrons. The average molecular weight is 315 g/mol. The van der Waals surface area contributed by atoms with Crippen LogP contribution in [-0.2, 0) is 10.0 Å². The number of anilines is 2. The first-order valence-corrected chi connectivity index (χ1v) is 8.60. The summed E-state index contributed by atoms with van der Waals surface area (Å²) in [6, 6.07) is 4.53. The normalized spacial score (nSPS) is 12.4. The third-order valence-corrected chi connectivity index (χ3v) is 5.27. The molecular weight excluding hydrogens is 290 g/mol. The fraction of sp³-hybridized carbons (Fsp3) is 0.571. The third-order valence-electron chi connectivity index (χ3n) is 3.73. The van der Waals surface area contributed by atoms with Crippen LogP contribution in [0.1, 0.15) is 33.6 Å². The van der Waals surface area contributed by atoms with Crippen LogP contribution in [0, 0.1) is 0 Å². The Morgan fingerprint density at radius 1 is 1.24 bits per heavy atom. The van der Waals surface area contributed by atoms with Crippen molar-refractivity contribution in [1.82, 2.24) is 4.72 Å². The summed E-state index contributed by atoms with van der Waals surface area (Å²) in [5, 5.41) is 12.8. The summed E-state index contributed by atoms with van der Waals surface area (Å²) >= 11 is 0. The number of benzene rings is 1. The zero-order chi connectivity index (χ0) is 16.1. The number of hydrogen-bond acceptors (Lipinski definition) is 5. The van der Waals surface area contributed by atoms with E-state index in [1.165, 1.54) is 12.1 Å². The molecule has 6 nitrogen and oxygen atoms in total. The van der Waals surface area contributed by atoms with Crippen LogP contribution in [-0.4, -0.2) is 32.2 Å². The second-order valence-corrected chi connectivity index (χ2v) is 6.79. The van der Waals surface area contributed by atoms with Crippen LogP contribution in [0.4, 0.5) is 11.4 Å². The van der Waals surface area contributed by atoms with E-state index in [-0.39, 0.29) is 11.5 Å². The Labute approximate surface area is 126 Å². The predicted molar refractivity (Wildman–Crippen MR) is 85.7 cm³/mol. The molecule has 7 heteroatoms. The first kappa shape index (κ1) is 17.7. The zero-order valence-electron chi connectivity index (χ0n) is 12.8. The Bertz CT molecular complexity index is 561. The zero-order valence-corrected chi connectivity index (χ0v) is 13.6. The number of nitrogens with two attached hydrogens (primary N) is 1. The maximum atomic E-state index is 12.0. The van der Waals surface area contributed by atoms with E-state index in [9.17, 15) is 13.5 Å². The molecule has 0 radical (unpaired) electrons. The standard InChI is InChI=1S/C14H25N3O3S/c1-4-14(5-2,10-18)17-13-9-11(7-8-12(13)15)21(19,20)16-6-3/h7-9,16-18H,4-6,10,15H2,1-3H3. The van der Waals surface area contributed by atoms with Crippen LogP contribution < -0.4 is 15.8 Å². The highest BCUT2D eigenvalue weighted by Crippen LogP contribution is 2.28. The predicted octanol–water partition coefficient (Wildman–Crippen LogP) is 1.53. The quantitative estimate of drug-likeness (QED) is 0.545. The van der Waals surface area contributed by atoms with E-state index >= 15 is 0 Å². The molecule has 0 bridgehead atoms. The third kappa shape index (κ3) is 4.09. The number of hydrogen-bond donors (Lipinski definition) is 4. The SMILES string of the molecule is CCNS(=O)(=O)c1ccc(N)c(NC(CC)(CC)CO)c1. The fourth-order valence-electron chi connectivity index (χ4n) is 2.06. The van der Waals surface area contributed by atoms with Gasteiger partial charge in [-0.2, -0.15) is 0 Å². The molecule has 0 atom stereocenters. The van der Waals surface area contributed by atoms with Gasteiger partial charge in [0.25, 0.3) is 0 Å². The van der Waals surface area contributed by atoms with Crippen molar-refractivity contribution in [2.75, 3.05) is 24.2 Å². The largest absolute Gasteiger partial charge is 0.397 e. The number of nitrogens with one attached hydrogen (secondary N) is 2. The van der Waals surface area contributed by atoms with E-state index in [1.54, 1.807) is 13.0 Å². The maximum absolute atomic E-state index is 12.0. The maximum Gasteiger partial charge on any atom is 0.240 e. The lowest BCUT2D eigenvalue weighted by molar-refractivity contribution is 0.202. The molecule has 0 aliphatic heterocycles. The van der Waals surface area contributed by atoms with Crippen LogP contribution >= 0.6 is 0 Å². The highest BCUT2D eigenvalue weighted by molar-refractivity contribution is 7.89. The highest BCUT2D eigenvalue weighted by Gasteiger charge is 2.26. The minimum absolute atomic E-state index is 0.0520. The van der Waals surface area contributed by atoms with Crippen molar-refractivity contribution in [3.63, 3.8) is 0 Å². The van der Waals surface area contributed by atoms with Gasteiger partial charge in [-0.1, -0.05) is 20.8 Å².